The summed E-state index contributed by atoms with van der Waals surface area (Å²) in [6.07, 6.45) is 0.995. The summed E-state index contributed by atoms with van der Waals surface area (Å²) in [6.45, 7) is 0.565. The van der Waals surface area contributed by atoms with Gasteiger partial charge in [-0.05, 0) is 31.4 Å². The molecule has 0 bridgehead atoms. The molecule has 0 unspecified atom stereocenters. The molecule has 1 heterocycles. The quantitative estimate of drug-likeness (QED) is 0.613. The van der Waals surface area contributed by atoms with E-state index < -0.39 is 23.6 Å². The number of ether oxygens (including phenoxy) is 1. The van der Waals surface area contributed by atoms with Crippen molar-refractivity contribution in [2.75, 3.05) is 7.11 Å². The number of aromatic amines is 1. The number of benzene rings is 1. The van der Waals surface area contributed by atoms with Crippen LogP contribution in [0.3, 0.4) is 0 Å². The standard InChI is InChI=1S/C17H19F4N3O/c1-25-8-12-15(7-22-11-3-2-10(18)6-11)23-24-17(12)9-4-13(19)16(21)14(20)5-9/h4-5,10-11,22H,2-3,6-8H2,1H3,(H,23,24)/t10-,11+/m1/s1. The highest BCUT2D eigenvalue weighted by Crippen LogP contribution is 2.28. The van der Waals surface area contributed by atoms with Crippen molar-refractivity contribution < 1.29 is 22.3 Å². The van der Waals surface area contributed by atoms with Gasteiger partial charge in [0, 0.05) is 30.8 Å². The second-order valence-electron chi connectivity index (χ2n) is 6.20. The normalized spacial score (nSPS) is 20.4. The third kappa shape index (κ3) is 3.85. The monoisotopic (exact) mass is 357 g/mol. The van der Waals surface area contributed by atoms with E-state index in [0.29, 0.717) is 36.3 Å². The molecule has 136 valence electrons. The van der Waals surface area contributed by atoms with Gasteiger partial charge in [-0.15, -0.1) is 0 Å². The van der Waals surface area contributed by atoms with Gasteiger partial charge >= 0.3 is 0 Å². The number of rotatable bonds is 6. The first-order chi connectivity index (χ1) is 12.0. The Kier molecular flexibility index (Phi) is 5.39. The predicted molar refractivity (Wildman–Crippen MR) is 84.0 cm³/mol. The van der Waals surface area contributed by atoms with Crippen LogP contribution in [0.2, 0.25) is 0 Å². The first kappa shape index (κ1) is 17.9. The Hall–Kier alpha value is -1.93. The molecule has 0 amide bonds. The molecule has 0 radical (unpaired) electrons. The van der Waals surface area contributed by atoms with Crippen molar-refractivity contribution in [1.82, 2.24) is 15.5 Å². The summed E-state index contributed by atoms with van der Waals surface area (Å²) in [7, 11) is 1.49. The van der Waals surface area contributed by atoms with Gasteiger partial charge in [-0.25, -0.2) is 17.6 Å². The van der Waals surface area contributed by atoms with Crippen LogP contribution >= 0.6 is 0 Å². The van der Waals surface area contributed by atoms with Crippen molar-refractivity contribution in [3.8, 4) is 11.3 Å². The van der Waals surface area contributed by atoms with Crippen LogP contribution in [0.5, 0.6) is 0 Å². The molecule has 1 aromatic carbocycles. The van der Waals surface area contributed by atoms with Crippen LogP contribution in [0.1, 0.15) is 30.5 Å². The van der Waals surface area contributed by atoms with Crippen molar-refractivity contribution in [2.45, 2.75) is 44.6 Å². The second-order valence-corrected chi connectivity index (χ2v) is 6.20. The number of nitrogens with one attached hydrogen (secondary N) is 2. The number of halogens is 4. The Morgan fingerprint density at radius 2 is 1.96 bits per heavy atom. The number of H-pyrrole nitrogens is 1. The maximum atomic E-state index is 13.5. The fraction of sp³-hybridized carbons (Fsp3) is 0.471. The highest BCUT2D eigenvalue weighted by Gasteiger charge is 2.25. The molecule has 1 aliphatic rings. The third-order valence-electron chi connectivity index (χ3n) is 4.43. The largest absolute Gasteiger partial charge is 0.380 e. The molecule has 2 atom stereocenters. The summed E-state index contributed by atoms with van der Waals surface area (Å²) in [5.41, 5.74) is 1.72. The molecule has 0 saturated heterocycles. The van der Waals surface area contributed by atoms with Crippen molar-refractivity contribution in [1.29, 1.82) is 0 Å². The zero-order valence-electron chi connectivity index (χ0n) is 13.7. The van der Waals surface area contributed by atoms with E-state index in [2.05, 4.69) is 15.5 Å². The summed E-state index contributed by atoms with van der Waals surface area (Å²) in [6, 6.07) is 1.88. The predicted octanol–water partition coefficient (Wildman–Crippen LogP) is 3.62. The summed E-state index contributed by atoms with van der Waals surface area (Å²) < 4.78 is 58.6. The van der Waals surface area contributed by atoms with E-state index in [-0.39, 0.29) is 18.2 Å². The van der Waals surface area contributed by atoms with E-state index in [9.17, 15) is 17.6 Å². The first-order valence-corrected chi connectivity index (χ1v) is 8.07. The summed E-state index contributed by atoms with van der Waals surface area (Å²) >= 11 is 0. The average molecular weight is 357 g/mol. The lowest BCUT2D eigenvalue weighted by atomic mass is 10.1. The fourth-order valence-electron chi connectivity index (χ4n) is 3.14. The van der Waals surface area contributed by atoms with E-state index in [1.807, 2.05) is 0 Å². The first-order valence-electron chi connectivity index (χ1n) is 8.07. The number of aromatic nitrogens is 2. The van der Waals surface area contributed by atoms with Crippen LogP contribution in [0.4, 0.5) is 17.6 Å². The van der Waals surface area contributed by atoms with Crippen molar-refractivity contribution in [3.63, 3.8) is 0 Å². The van der Waals surface area contributed by atoms with Crippen LogP contribution in [0.25, 0.3) is 11.3 Å². The maximum Gasteiger partial charge on any atom is 0.194 e. The molecule has 25 heavy (non-hydrogen) atoms. The lowest BCUT2D eigenvalue weighted by Gasteiger charge is -2.12. The number of methoxy groups -OCH3 is 1. The van der Waals surface area contributed by atoms with Crippen LogP contribution in [0.15, 0.2) is 12.1 Å². The summed E-state index contributed by atoms with van der Waals surface area (Å²) in [5, 5.41) is 10.2. The second kappa shape index (κ2) is 7.53. The van der Waals surface area contributed by atoms with Gasteiger partial charge in [-0.1, -0.05) is 0 Å². The zero-order valence-corrected chi connectivity index (χ0v) is 13.7. The molecule has 4 nitrogen and oxygen atoms in total. The molecule has 2 aromatic rings. The Balaban J connectivity index is 1.84. The maximum absolute atomic E-state index is 13.5. The molecule has 3 rings (SSSR count). The molecule has 1 saturated carbocycles. The van der Waals surface area contributed by atoms with Crippen LogP contribution in [-0.4, -0.2) is 29.5 Å². The Labute approximate surface area is 142 Å². The zero-order chi connectivity index (χ0) is 18.0. The molecular formula is C17H19F4N3O. The van der Waals surface area contributed by atoms with E-state index in [4.69, 9.17) is 4.74 Å². The lowest BCUT2D eigenvalue weighted by molar-refractivity contribution is 0.184. The average Bonchev–Trinajstić information content (AvgIpc) is 3.17. The number of alkyl halides is 1. The van der Waals surface area contributed by atoms with Crippen LogP contribution in [-0.2, 0) is 17.9 Å². The lowest BCUT2D eigenvalue weighted by Crippen LogP contribution is -2.26. The van der Waals surface area contributed by atoms with Gasteiger partial charge in [-0.2, -0.15) is 5.10 Å². The molecule has 1 fully saturated rings. The van der Waals surface area contributed by atoms with Gasteiger partial charge in [0.05, 0.1) is 18.0 Å². The number of nitrogens with zero attached hydrogens (tertiary/aromatic N) is 1. The topological polar surface area (TPSA) is 49.9 Å². The molecule has 2 N–H and O–H groups in total. The van der Waals surface area contributed by atoms with Gasteiger partial charge in [0.15, 0.2) is 17.5 Å². The molecule has 1 aliphatic carbocycles. The van der Waals surface area contributed by atoms with Gasteiger partial charge < -0.3 is 10.1 Å². The third-order valence-corrected chi connectivity index (χ3v) is 4.43. The van der Waals surface area contributed by atoms with E-state index >= 15 is 0 Å². The minimum absolute atomic E-state index is 0.0813. The van der Waals surface area contributed by atoms with E-state index in [1.165, 1.54) is 7.11 Å². The Morgan fingerprint density at radius 1 is 1.24 bits per heavy atom. The Morgan fingerprint density at radius 3 is 2.56 bits per heavy atom. The van der Waals surface area contributed by atoms with Crippen molar-refractivity contribution in [2.24, 2.45) is 0 Å². The molecule has 1 aromatic heterocycles. The van der Waals surface area contributed by atoms with Crippen molar-refractivity contribution in [3.05, 3.63) is 40.8 Å². The molecular weight excluding hydrogens is 338 g/mol. The van der Waals surface area contributed by atoms with Crippen LogP contribution in [0, 0.1) is 17.5 Å². The van der Waals surface area contributed by atoms with Crippen LogP contribution < -0.4 is 5.32 Å². The SMILES string of the molecule is COCc1c(-c2cc(F)c(F)c(F)c2)n[nH]c1CN[C@H]1CC[C@@H](F)C1. The highest BCUT2D eigenvalue weighted by molar-refractivity contribution is 5.64. The van der Waals surface area contributed by atoms with Gasteiger partial charge in [0.2, 0.25) is 0 Å². The fourth-order valence-corrected chi connectivity index (χ4v) is 3.14. The minimum atomic E-state index is -1.52. The minimum Gasteiger partial charge on any atom is -0.380 e. The smallest absolute Gasteiger partial charge is 0.194 e. The molecule has 0 aliphatic heterocycles. The number of hydrogen-bond donors (Lipinski definition) is 2. The van der Waals surface area contributed by atoms with Crippen molar-refractivity contribution >= 4 is 0 Å². The Bertz CT molecular complexity index is 726. The summed E-state index contributed by atoms with van der Waals surface area (Å²) in [5.74, 6) is -4.07. The van der Waals surface area contributed by atoms with Gasteiger partial charge in [-0.3, -0.25) is 5.10 Å². The highest BCUT2D eigenvalue weighted by atomic mass is 19.2. The van der Waals surface area contributed by atoms with E-state index in [0.717, 1.165) is 18.6 Å². The van der Waals surface area contributed by atoms with E-state index in [1.54, 1.807) is 0 Å². The van der Waals surface area contributed by atoms with Gasteiger partial charge in [0.1, 0.15) is 6.17 Å². The number of hydrogen-bond acceptors (Lipinski definition) is 3. The van der Waals surface area contributed by atoms with Gasteiger partial charge in [0.25, 0.3) is 0 Å². The molecule has 8 heteroatoms. The molecule has 0 spiro atoms. The summed E-state index contributed by atoms with van der Waals surface area (Å²) in [4.78, 5) is 0.